The van der Waals surface area contributed by atoms with Gasteiger partial charge in [-0.05, 0) is 50.6 Å². The van der Waals surface area contributed by atoms with Crippen LogP contribution in [0.25, 0.3) is 0 Å². The molecule has 2 aromatic carbocycles. The number of benzene rings is 2. The van der Waals surface area contributed by atoms with E-state index in [-0.39, 0.29) is 18.4 Å². The molecule has 0 radical (unpaired) electrons. The van der Waals surface area contributed by atoms with E-state index in [2.05, 4.69) is 26.6 Å². The third-order valence-electron chi connectivity index (χ3n) is 3.91. The minimum atomic E-state index is -0.449. The fourth-order valence-electron chi connectivity index (χ4n) is 2.31. The largest absolute Gasteiger partial charge is 0.325 e. The van der Waals surface area contributed by atoms with Crippen LogP contribution < -0.4 is 10.6 Å². The average Bonchev–Trinajstić information content (AvgIpc) is 2.61. The Labute approximate surface area is 166 Å². The summed E-state index contributed by atoms with van der Waals surface area (Å²) in [5.41, 5.74) is 1.49. The molecule has 0 saturated heterocycles. The van der Waals surface area contributed by atoms with Crippen molar-refractivity contribution in [2.45, 2.75) is 17.9 Å². The molecular weight excluding hydrogens is 414 g/mol. The number of nitrogens with zero attached hydrogens (tertiary/aromatic N) is 1. The smallest absolute Gasteiger partial charge is 0.241 e. The zero-order valence-electron chi connectivity index (χ0n) is 15.0. The van der Waals surface area contributed by atoms with Gasteiger partial charge in [-0.3, -0.25) is 14.5 Å². The van der Waals surface area contributed by atoms with Gasteiger partial charge in [-0.15, -0.1) is 11.8 Å². The fraction of sp³-hybridized carbons (Fsp3) is 0.263. The van der Waals surface area contributed by atoms with Crippen LogP contribution in [0, 0.1) is 0 Å². The molecule has 0 spiro atoms. The van der Waals surface area contributed by atoms with Crippen molar-refractivity contribution in [1.82, 2.24) is 4.90 Å². The van der Waals surface area contributed by atoms with Crippen LogP contribution in [0.2, 0.25) is 0 Å². The number of halogens is 1. The van der Waals surface area contributed by atoms with Crippen molar-refractivity contribution in [1.29, 1.82) is 0 Å². The third-order valence-corrected chi connectivity index (χ3v) is 5.20. The average molecular weight is 436 g/mol. The minimum absolute atomic E-state index is 0.121. The molecule has 0 aromatic heterocycles. The fourth-order valence-corrected chi connectivity index (χ4v) is 3.27. The first-order valence-corrected chi connectivity index (χ1v) is 10.1. The zero-order chi connectivity index (χ0) is 19.1. The Balaban J connectivity index is 1.92. The van der Waals surface area contributed by atoms with Crippen LogP contribution in [-0.4, -0.2) is 42.6 Å². The van der Waals surface area contributed by atoms with E-state index in [1.54, 1.807) is 30.6 Å². The lowest BCUT2D eigenvalue weighted by Gasteiger charge is -2.23. The molecule has 0 heterocycles. The Bertz CT molecular complexity index is 785. The van der Waals surface area contributed by atoms with Gasteiger partial charge >= 0.3 is 0 Å². The number of nitrogens with one attached hydrogen (secondary N) is 2. The van der Waals surface area contributed by atoms with Gasteiger partial charge in [-0.1, -0.05) is 34.1 Å². The number of carbonyl (C=O) groups excluding carboxylic acids is 2. The molecule has 2 rings (SSSR count). The quantitative estimate of drug-likeness (QED) is 0.643. The van der Waals surface area contributed by atoms with E-state index in [9.17, 15) is 9.59 Å². The molecule has 26 heavy (non-hydrogen) atoms. The Morgan fingerprint density at radius 1 is 1.15 bits per heavy atom. The lowest BCUT2D eigenvalue weighted by atomic mass is 10.2. The summed E-state index contributed by atoms with van der Waals surface area (Å²) in [5.74, 6) is -0.320. The topological polar surface area (TPSA) is 61.4 Å². The Kier molecular flexibility index (Phi) is 7.68. The number of carbonyl (C=O) groups is 2. The molecule has 2 amide bonds. The van der Waals surface area contributed by atoms with Gasteiger partial charge in [0.15, 0.2) is 0 Å². The summed E-state index contributed by atoms with van der Waals surface area (Å²) < 4.78 is 0.892. The third kappa shape index (κ3) is 5.86. The second-order valence-electron chi connectivity index (χ2n) is 5.84. The zero-order valence-corrected chi connectivity index (χ0v) is 17.4. The molecule has 0 aliphatic rings. The van der Waals surface area contributed by atoms with Crippen LogP contribution in [0.5, 0.6) is 0 Å². The van der Waals surface area contributed by atoms with Gasteiger partial charge in [0.25, 0.3) is 0 Å². The molecule has 0 bridgehead atoms. The second-order valence-corrected chi connectivity index (χ2v) is 7.60. The molecule has 2 N–H and O–H groups in total. The van der Waals surface area contributed by atoms with Crippen LogP contribution >= 0.6 is 27.7 Å². The van der Waals surface area contributed by atoms with Crippen molar-refractivity contribution < 1.29 is 9.59 Å². The molecule has 7 heteroatoms. The maximum Gasteiger partial charge on any atom is 0.241 e. The van der Waals surface area contributed by atoms with Crippen LogP contribution in [0.15, 0.2) is 57.9 Å². The molecule has 0 fully saturated rings. The van der Waals surface area contributed by atoms with Gasteiger partial charge in [0.1, 0.15) is 0 Å². The summed E-state index contributed by atoms with van der Waals surface area (Å²) in [6.45, 7) is 1.90. The molecule has 5 nitrogen and oxygen atoms in total. The number of rotatable bonds is 7. The highest BCUT2D eigenvalue weighted by molar-refractivity contribution is 9.10. The van der Waals surface area contributed by atoms with Crippen LogP contribution in [-0.2, 0) is 9.59 Å². The molecule has 1 unspecified atom stereocenters. The monoisotopic (exact) mass is 435 g/mol. The van der Waals surface area contributed by atoms with Gasteiger partial charge < -0.3 is 10.6 Å². The van der Waals surface area contributed by atoms with Crippen molar-refractivity contribution in [2.24, 2.45) is 0 Å². The SMILES string of the molecule is CSc1ccccc1NC(=O)CN(C)C(C)C(=O)Nc1cccc(Br)c1. The number of hydrogen-bond acceptors (Lipinski definition) is 4. The number of likely N-dealkylation sites (N-methyl/N-ethyl adjacent to an activating group) is 1. The van der Waals surface area contributed by atoms with Crippen molar-refractivity contribution >= 4 is 50.9 Å². The molecule has 1 atom stereocenters. The summed E-state index contributed by atoms with van der Waals surface area (Å²) in [6, 6.07) is 14.6. The summed E-state index contributed by atoms with van der Waals surface area (Å²) >= 11 is 4.95. The number of para-hydroxylation sites is 1. The number of thioether (sulfide) groups is 1. The first-order valence-electron chi connectivity index (χ1n) is 8.10. The van der Waals surface area contributed by atoms with Crippen LogP contribution in [0.4, 0.5) is 11.4 Å². The van der Waals surface area contributed by atoms with Gasteiger partial charge in [0.2, 0.25) is 11.8 Å². The summed E-state index contributed by atoms with van der Waals surface area (Å²) in [5, 5.41) is 5.76. The predicted octanol–water partition coefficient (Wildman–Crippen LogP) is 4.07. The van der Waals surface area contributed by atoms with E-state index in [0.29, 0.717) is 5.69 Å². The van der Waals surface area contributed by atoms with Crippen molar-refractivity contribution in [3.05, 3.63) is 53.0 Å². The van der Waals surface area contributed by atoms with Gasteiger partial charge in [-0.25, -0.2) is 0 Å². The van der Waals surface area contributed by atoms with Crippen molar-refractivity contribution in [2.75, 3.05) is 30.5 Å². The molecule has 2 aromatic rings. The normalized spacial score (nSPS) is 11.9. The highest BCUT2D eigenvalue weighted by Gasteiger charge is 2.20. The number of anilines is 2. The number of hydrogen-bond donors (Lipinski definition) is 2. The van der Waals surface area contributed by atoms with Crippen molar-refractivity contribution in [3.63, 3.8) is 0 Å². The maximum atomic E-state index is 12.4. The van der Waals surface area contributed by atoms with E-state index >= 15 is 0 Å². The maximum absolute atomic E-state index is 12.4. The van der Waals surface area contributed by atoms with Crippen LogP contribution in [0.3, 0.4) is 0 Å². The Morgan fingerprint density at radius 2 is 1.88 bits per heavy atom. The van der Waals surface area contributed by atoms with E-state index in [1.807, 2.05) is 54.8 Å². The standard InChI is InChI=1S/C19H22BrN3O2S/c1-13(19(25)21-15-8-6-7-14(20)11-15)23(2)12-18(24)22-16-9-4-5-10-17(16)26-3/h4-11,13H,12H2,1-3H3,(H,21,25)(H,22,24). The lowest BCUT2D eigenvalue weighted by Crippen LogP contribution is -2.43. The molecule has 0 saturated carbocycles. The first-order chi connectivity index (χ1) is 12.4. The molecule has 138 valence electrons. The van der Waals surface area contributed by atoms with Gasteiger partial charge in [0, 0.05) is 15.1 Å². The number of amides is 2. The van der Waals surface area contributed by atoms with E-state index in [0.717, 1.165) is 15.1 Å². The Morgan fingerprint density at radius 3 is 2.58 bits per heavy atom. The highest BCUT2D eigenvalue weighted by Crippen LogP contribution is 2.24. The Hall–Kier alpha value is -1.83. The first kappa shape index (κ1) is 20.5. The van der Waals surface area contributed by atoms with E-state index < -0.39 is 6.04 Å². The summed E-state index contributed by atoms with van der Waals surface area (Å²) in [4.78, 5) is 27.4. The van der Waals surface area contributed by atoms with E-state index in [4.69, 9.17) is 0 Å². The molecule has 0 aliphatic heterocycles. The molecular formula is C19H22BrN3O2S. The van der Waals surface area contributed by atoms with Crippen molar-refractivity contribution in [3.8, 4) is 0 Å². The predicted molar refractivity (Wildman–Crippen MR) is 112 cm³/mol. The highest BCUT2D eigenvalue weighted by atomic mass is 79.9. The lowest BCUT2D eigenvalue weighted by molar-refractivity contribution is -0.122. The second kappa shape index (κ2) is 9.75. The minimum Gasteiger partial charge on any atom is -0.325 e. The summed E-state index contributed by atoms with van der Waals surface area (Å²) in [7, 11) is 1.76. The van der Waals surface area contributed by atoms with Gasteiger partial charge in [0.05, 0.1) is 18.3 Å². The van der Waals surface area contributed by atoms with Crippen LogP contribution in [0.1, 0.15) is 6.92 Å². The van der Waals surface area contributed by atoms with Gasteiger partial charge in [-0.2, -0.15) is 0 Å². The molecule has 0 aliphatic carbocycles. The summed E-state index contributed by atoms with van der Waals surface area (Å²) in [6.07, 6.45) is 1.96. The van der Waals surface area contributed by atoms with E-state index in [1.165, 1.54) is 0 Å².